The lowest BCUT2D eigenvalue weighted by Gasteiger charge is -2.12. The Morgan fingerprint density at radius 3 is 2.43 bits per heavy atom. The predicted molar refractivity (Wildman–Crippen MR) is 113 cm³/mol. The monoisotopic (exact) mass is 446 g/mol. The second kappa shape index (κ2) is 9.25. The molecule has 0 aliphatic heterocycles. The van der Waals surface area contributed by atoms with E-state index < -0.39 is 10.1 Å². The molecule has 0 saturated heterocycles. The molecule has 0 aliphatic rings. The van der Waals surface area contributed by atoms with Gasteiger partial charge in [-0.1, -0.05) is 41.9 Å². The van der Waals surface area contributed by atoms with Gasteiger partial charge in [0.15, 0.2) is 5.78 Å². The van der Waals surface area contributed by atoms with E-state index in [0.717, 1.165) is 6.20 Å². The largest absolute Gasteiger partial charge is 0.475 e. The van der Waals surface area contributed by atoms with Crippen LogP contribution in [0.25, 0.3) is 0 Å². The number of carbonyl (C=O) groups is 1. The highest BCUT2D eigenvalue weighted by atomic mass is 35.5. The van der Waals surface area contributed by atoms with Crippen molar-refractivity contribution in [2.45, 2.75) is 24.8 Å². The van der Waals surface area contributed by atoms with Crippen LogP contribution in [-0.2, 0) is 14.4 Å². The summed E-state index contributed by atoms with van der Waals surface area (Å²) in [5.74, 6) is -0.0381. The van der Waals surface area contributed by atoms with E-state index in [1.807, 2.05) is 13.8 Å². The second-order valence-electron chi connectivity index (χ2n) is 6.52. The zero-order chi connectivity index (χ0) is 21.7. The summed E-state index contributed by atoms with van der Waals surface area (Å²) >= 11 is 6.03. The van der Waals surface area contributed by atoms with Gasteiger partial charge in [-0.05, 0) is 38.1 Å². The zero-order valence-electron chi connectivity index (χ0n) is 16.2. The van der Waals surface area contributed by atoms with Gasteiger partial charge in [0.2, 0.25) is 5.88 Å². The third-order valence-electron chi connectivity index (χ3n) is 3.88. The van der Waals surface area contributed by atoms with E-state index in [1.54, 1.807) is 30.3 Å². The maximum absolute atomic E-state index is 12.8. The van der Waals surface area contributed by atoms with Crippen molar-refractivity contribution in [3.63, 3.8) is 0 Å². The molecule has 7 nitrogen and oxygen atoms in total. The Morgan fingerprint density at radius 2 is 1.80 bits per heavy atom. The Morgan fingerprint density at radius 1 is 1.07 bits per heavy atom. The van der Waals surface area contributed by atoms with Gasteiger partial charge in [-0.25, -0.2) is 10.5 Å². The minimum absolute atomic E-state index is 0.0941. The van der Waals surface area contributed by atoms with Crippen molar-refractivity contribution in [1.82, 2.24) is 4.98 Å². The molecule has 0 bridgehead atoms. The van der Waals surface area contributed by atoms with E-state index in [-0.39, 0.29) is 28.0 Å². The summed E-state index contributed by atoms with van der Waals surface area (Å²) in [5, 5.41) is 0.327. The van der Waals surface area contributed by atoms with Gasteiger partial charge in [-0.3, -0.25) is 4.79 Å². The summed E-state index contributed by atoms with van der Waals surface area (Å²) in [7, 11) is -4.19. The lowest BCUT2D eigenvalue weighted by molar-refractivity contribution is 0.103. The SMILES string of the molecule is CC(C)Oc1ccc(S(=O)(=O)ONc2ccc(Cl)cc2C(=O)c2ccccc2)cn1. The van der Waals surface area contributed by atoms with Crippen LogP contribution in [-0.4, -0.2) is 25.3 Å². The highest BCUT2D eigenvalue weighted by Crippen LogP contribution is 2.25. The third kappa shape index (κ3) is 5.35. The molecule has 0 aliphatic carbocycles. The van der Waals surface area contributed by atoms with Crippen LogP contribution in [0.2, 0.25) is 5.02 Å². The average molecular weight is 447 g/mol. The smallest absolute Gasteiger partial charge is 0.319 e. The topological polar surface area (TPSA) is 94.6 Å². The summed E-state index contributed by atoms with van der Waals surface area (Å²) in [6, 6.07) is 15.7. The Labute approximate surface area is 179 Å². The predicted octanol–water partition coefficient (Wildman–Crippen LogP) is 4.49. The summed E-state index contributed by atoms with van der Waals surface area (Å²) in [5.41, 5.74) is 3.10. The van der Waals surface area contributed by atoms with E-state index in [4.69, 9.17) is 20.6 Å². The van der Waals surface area contributed by atoms with Gasteiger partial charge < -0.3 is 4.74 Å². The number of ether oxygens (including phenoxy) is 1. The zero-order valence-corrected chi connectivity index (χ0v) is 17.8. The van der Waals surface area contributed by atoms with Gasteiger partial charge in [0.05, 0.1) is 18.0 Å². The van der Waals surface area contributed by atoms with Gasteiger partial charge in [-0.2, -0.15) is 8.42 Å². The molecular formula is C21H19ClN2O5S. The first-order valence-corrected chi connectivity index (χ1v) is 10.8. The molecule has 30 heavy (non-hydrogen) atoms. The van der Waals surface area contributed by atoms with Crippen LogP contribution in [0.1, 0.15) is 29.8 Å². The molecule has 2 aromatic carbocycles. The number of hydrogen-bond donors (Lipinski definition) is 1. The Bertz CT molecular complexity index is 1130. The number of nitrogens with zero attached hydrogens (tertiary/aromatic N) is 1. The summed E-state index contributed by atoms with van der Waals surface area (Å²) in [6.07, 6.45) is 1.04. The molecule has 3 aromatic rings. The van der Waals surface area contributed by atoms with Crippen molar-refractivity contribution < 1.29 is 22.2 Å². The van der Waals surface area contributed by atoms with Gasteiger partial charge in [0, 0.05) is 22.2 Å². The van der Waals surface area contributed by atoms with Crippen LogP contribution >= 0.6 is 11.6 Å². The van der Waals surface area contributed by atoms with Crippen molar-refractivity contribution in [2.24, 2.45) is 0 Å². The molecule has 0 saturated carbocycles. The highest BCUT2D eigenvalue weighted by Gasteiger charge is 2.20. The lowest BCUT2D eigenvalue weighted by Crippen LogP contribution is -2.15. The molecule has 0 amide bonds. The Hall–Kier alpha value is -2.94. The van der Waals surface area contributed by atoms with Crippen LogP contribution < -0.4 is 10.2 Å². The maximum Gasteiger partial charge on any atom is 0.319 e. The first-order chi connectivity index (χ1) is 14.3. The number of anilines is 1. The molecule has 0 fully saturated rings. The normalized spacial score (nSPS) is 11.3. The number of hydrogen-bond acceptors (Lipinski definition) is 7. The second-order valence-corrected chi connectivity index (χ2v) is 8.51. The minimum atomic E-state index is -4.19. The molecule has 1 aromatic heterocycles. The van der Waals surface area contributed by atoms with E-state index in [0.29, 0.717) is 16.5 Å². The van der Waals surface area contributed by atoms with E-state index in [9.17, 15) is 13.2 Å². The molecule has 0 spiro atoms. The van der Waals surface area contributed by atoms with Gasteiger partial charge in [0.25, 0.3) is 0 Å². The van der Waals surface area contributed by atoms with Crippen LogP contribution in [0.5, 0.6) is 5.88 Å². The Kier molecular flexibility index (Phi) is 6.71. The number of carbonyl (C=O) groups excluding carboxylic acids is 1. The first kappa shape index (κ1) is 21.8. The van der Waals surface area contributed by atoms with Crippen molar-refractivity contribution in [3.05, 3.63) is 83.0 Å². The molecule has 1 N–H and O–H groups in total. The number of aromatic nitrogens is 1. The van der Waals surface area contributed by atoms with Crippen molar-refractivity contribution in [2.75, 3.05) is 5.48 Å². The van der Waals surface area contributed by atoms with E-state index in [1.165, 1.54) is 30.3 Å². The lowest BCUT2D eigenvalue weighted by atomic mass is 10.0. The fourth-order valence-corrected chi connectivity index (χ4v) is 3.40. The number of benzene rings is 2. The molecule has 0 radical (unpaired) electrons. The van der Waals surface area contributed by atoms with Crippen molar-refractivity contribution >= 4 is 33.2 Å². The van der Waals surface area contributed by atoms with Crippen LogP contribution in [0.15, 0.2) is 71.8 Å². The molecule has 9 heteroatoms. The van der Waals surface area contributed by atoms with Gasteiger partial charge in [0.1, 0.15) is 4.90 Å². The van der Waals surface area contributed by atoms with Gasteiger partial charge in [-0.15, -0.1) is 4.28 Å². The summed E-state index contributed by atoms with van der Waals surface area (Å²) in [6.45, 7) is 3.67. The van der Waals surface area contributed by atoms with Crippen LogP contribution in [0, 0.1) is 0 Å². The minimum Gasteiger partial charge on any atom is -0.475 e. The Balaban J connectivity index is 1.80. The molecular weight excluding hydrogens is 428 g/mol. The van der Waals surface area contributed by atoms with Crippen molar-refractivity contribution in [1.29, 1.82) is 0 Å². The fourth-order valence-electron chi connectivity index (χ4n) is 2.51. The number of nitrogens with one attached hydrogen (secondary N) is 1. The van der Waals surface area contributed by atoms with Crippen molar-refractivity contribution in [3.8, 4) is 5.88 Å². The fraction of sp³-hybridized carbons (Fsp3) is 0.143. The molecule has 156 valence electrons. The standard InChI is InChI=1S/C21H19ClN2O5S/c1-14(2)28-20-11-9-17(13-23-20)30(26,27)29-24-19-10-8-16(22)12-18(19)21(25)15-6-4-3-5-7-15/h3-14,24H,1-2H3. The molecule has 3 rings (SSSR count). The van der Waals surface area contributed by atoms with Crippen LogP contribution in [0.4, 0.5) is 5.69 Å². The number of ketones is 1. The first-order valence-electron chi connectivity index (χ1n) is 8.98. The van der Waals surface area contributed by atoms with E-state index >= 15 is 0 Å². The molecule has 0 atom stereocenters. The van der Waals surface area contributed by atoms with Crippen LogP contribution in [0.3, 0.4) is 0 Å². The molecule has 0 unspecified atom stereocenters. The van der Waals surface area contributed by atoms with E-state index in [2.05, 4.69) is 10.5 Å². The molecule has 1 heterocycles. The van der Waals surface area contributed by atoms with Gasteiger partial charge >= 0.3 is 10.1 Å². The highest BCUT2D eigenvalue weighted by molar-refractivity contribution is 7.86. The maximum atomic E-state index is 12.8. The quantitative estimate of drug-likeness (QED) is 0.402. The third-order valence-corrected chi connectivity index (χ3v) is 5.23. The average Bonchev–Trinajstić information content (AvgIpc) is 2.73. The number of halogens is 1. The number of rotatable bonds is 8. The summed E-state index contributed by atoms with van der Waals surface area (Å²) < 4.78 is 35.3. The number of pyridine rings is 1. The summed E-state index contributed by atoms with van der Waals surface area (Å²) in [4.78, 5) is 16.6.